The third-order valence-corrected chi connectivity index (χ3v) is 8.24. The fourth-order valence-corrected chi connectivity index (χ4v) is 6.20. The molecule has 0 saturated carbocycles. The van der Waals surface area contributed by atoms with E-state index in [2.05, 4.69) is 23.5 Å². The molecular formula is C35H30ClNO3. The van der Waals surface area contributed by atoms with E-state index in [1.54, 1.807) is 0 Å². The second-order valence-electron chi connectivity index (χ2n) is 10.5. The Morgan fingerprint density at radius 1 is 0.900 bits per heavy atom. The fourth-order valence-electron chi connectivity index (χ4n) is 6.08. The smallest absolute Gasteiger partial charge is 0.336 e. The Bertz CT molecular complexity index is 1650. The van der Waals surface area contributed by atoms with Crippen molar-refractivity contribution in [3.8, 4) is 0 Å². The van der Waals surface area contributed by atoms with Gasteiger partial charge in [0.1, 0.15) is 0 Å². The molecule has 40 heavy (non-hydrogen) atoms. The summed E-state index contributed by atoms with van der Waals surface area (Å²) < 4.78 is 5.85. The molecule has 1 N–H and O–H groups in total. The van der Waals surface area contributed by atoms with Gasteiger partial charge in [0.25, 0.3) is 0 Å². The lowest BCUT2D eigenvalue weighted by Crippen LogP contribution is -2.36. The molecule has 5 heteroatoms. The van der Waals surface area contributed by atoms with Crippen LogP contribution in [0.5, 0.6) is 0 Å². The van der Waals surface area contributed by atoms with Gasteiger partial charge in [0.05, 0.1) is 12.2 Å². The molecule has 1 aliphatic heterocycles. The van der Waals surface area contributed by atoms with Crippen LogP contribution in [0, 0.1) is 0 Å². The number of hydrogen-bond donors (Lipinski definition) is 1. The van der Waals surface area contributed by atoms with Crippen molar-refractivity contribution in [1.29, 1.82) is 0 Å². The Balaban J connectivity index is 1.39. The first kappa shape index (κ1) is 26.1. The highest BCUT2D eigenvalue weighted by atomic mass is 35.5. The predicted molar refractivity (Wildman–Crippen MR) is 159 cm³/mol. The summed E-state index contributed by atoms with van der Waals surface area (Å²) in [6.45, 7) is 2.17. The molecule has 0 unspecified atom stereocenters. The number of halogens is 1. The number of rotatable bonds is 6. The number of Topliss-reactive ketones (excluding diaryl/α,β-unsaturated/α-hetero) is 1. The van der Waals surface area contributed by atoms with Crippen molar-refractivity contribution in [2.45, 2.75) is 38.0 Å². The number of dihydropyridines is 1. The lowest BCUT2D eigenvalue weighted by atomic mass is 9.71. The zero-order valence-corrected chi connectivity index (χ0v) is 23.1. The molecule has 4 nitrogen and oxygen atoms in total. The Morgan fingerprint density at radius 2 is 1.62 bits per heavy atom. The highest BCUT2D eigenvalue weighted by Gasteiger charge is 2.42. The Morgan fingerprint density at radius 3 is 2.42 bits per heavy atom. The average molecular weight is 548 g/mol. The maximum atomic E-state index is 14.0. The van der Waals surface area contributed by atoms with Crippen LogP contribution in [-0.4, -0.2) is 18.4 Å². The van der Waals surface area contributed by atoms with E-state index in [1.165, 1.54) is 0 Å². The third kappa shape index (κ3) is 5.07. The summed E-state index contributed by atoms with van der Waals surface area (Å²) in [5.41, 5.74) is 5.91. The van der Waals surface area contributed by atoms with Crippen LogP contribution in [0.2, 0.25) is 5.02 Å². The molecule has 0 fully saturated rings. The van der Waals surface area contributed by atoms with Gasteiger partial charge in [0, 0.05) is 40.7 Å². The minimum atomic E-state index is -0.509. The topological polar surface area (TPSA) is 55.4 Å². The van der Waals surface area contributed by atoms with E-state index in [4.69, 9.17) is 16.3 Å². The standard InChI is InChI=1S/C35H30ClNO3/c1-22-32(35(39)40-19-18-23-8-3-2-4-9-23)33(29-13-7-11-25-10-5-6-12-28(25)29)34-30(37-22)20-26(21-31(34)38)24-14-16-27(36)17-15-24/h2-17,26,33,37H,18-21H2,1H3/t26-,33-/m1/s1. The normalized spacial score (nSPS) is 18.9. The van der Waals surface area contributed by atoms with E-state index < -0.39 is 11.9 Å². The van der Waals surface area contributed by atoms with Crippen molar-refractivity contribution >= 4 is 34.1 Å². The second kappa shape index (κ2) is 11.1. The summed E-state index contributed by atoms with van der Waals surface area (Å²) >= 11 is 6.12. The van der Waals surface area contributed by atoms with E-state index in [9.17, 15) is 9.59 Å². The van der Waals surface area contributed by atoms with Gasteiger partial charge in [-0.15, -0.1) is 0 Å². The minimum absolute atomic E-state index is 0.0383. The molecule has 4 aromatic carbocycles. The summed E-state index contributed by atoms with van der Waals surface area (Å²) in [5.74, 6) is -0.812. The van der Waals surface area contributed by atoms with E-state index >= 15 is 0 Å². The van der Waals surface area contributed by atoms with Gasteiger partial charge in [-0.25, -0.2) is 4.79 Å². The van der Waals surface area contributed by atoms with Crippen LogP contribution in [0.3, 0.4) is 0 Å². The molecule has 0 radical (unpaired) electrons. The Labute approximate surface area is 239 Å². The lowest BCUT2D eigenvalue weighted by Gasteiger charge is -2.37. The summed E-state index contributed by atoms with van der Waals surface area (Å²) in [5, 5.41) is 6.22. The van der Waals surface area contributed by atoms with Gasteiger partial charge in [-0.2, -0.15) is 0 Å². The number of nitrogens with one attached hydrogen (secondary N) is 1. The molecule has 0 bridgehead atoms. The quantitative estimate of drug-likeness (QED) is 0.252. The molecule has 2 aliphatic rings. The molecule has 1 aliphatic carbocycles. The first-order chi connectivity index (χ1) is 19.5. The molecule has 0 aromatic heterocycles. The highest BCUT2D eigenvalue weighted by Crippen LogP contribution is 2.47. The molecule has 2 atom stereocenters. The van der Waals surface area contributed by atoms with Gasteiger partial charge >= 0.3 is 5.97 Å². The van der Waals surface area contributed by atoms with Crippen LogP contribution < -0.4 is 5.32 Å². The van der Waals surface area contributed by atoms with Gasteiger partial charge < -0.3 is 10.1 Å². The number of hydrogen-bond acceptors (Lipinski definition) is 4. The first-order valence-corrected chi connectivity index (χ1v) is 14.1. The number of fused-ring (bicyclic) bond motifs is 1. The molecule has 4 aromatic rings. The monoisotopic (exact) mass is 547 g/mol. The van der Waals surface area contributed by atoms with Crippen molar-refractivity contribution in [2.75, 3.05) is 6.61 Å². The SMILES string of the molecule is CC1=C(C(=O)OCCc2ccccc2)[C@@H](c2cccc3ccccc23)C2=C(C[C@@H](c3ccc(Cl)cc3)CC2=O)N1. The fraction of sp³-hybridized carbons (Fsp3) is 0.200. The molecule has 6 rings (SSSR count). The molecular weight excluding hydrogens is 518 g/mol. The van der Waals surface area contributed by atoms with Crippen LogP contribution in [0.1, 0.15) is 48.3 Å². The van der Waals surface area contributed by atoms with Crippen LogP contribution >= 0.6 is 11.6 Å². The number of carbonyl (C=O) groups excluding carboxylic acids is 2. The van der Waals surface area contributed by atoms with Gasteiger partial charge in [0.2, 0.25) is 0 Å². The van der Waals surface area contributed by atoms with Gasteiger partial charge in [-0.1, -0.05) is 96.5 Å². The predicted octanol–water partition coefficient (Wildman–Crippen LogP) is 7.64. The molecule has 0 spiro atoms. The minimum Gasteiger partial charge on any atom is -0.462 e. The molecule has 1 heterocycles. The Hall–Kier alpha value is -4.15. The average Bonchev–Trinajstić information content (AvgIpc) is 2.97. The summed E-state index contributed by atoms with van der Waals surface area (Å²) in [4.78, 5) is 27.7. The maximum Gasteiger partial charge on any atom is 0.336 e. The van der Waals surface area contributed by atoms with Gasteiger partial charge in [-0.05, 0) is 58.9 Å². The van der Waals surface area contributed by atoms with Gasteiger partial charge in [0.15, 0.2) is 5.78 Å². The van der Waals surface area contributed by atoms with E-state index in [-0.39, 0.29) is 18.3 Å². The van der Waals surface area contributed by atoms with Gasteiger partial charge in [-0.3, -0.25) is 4.79 Å². The van der Waals surface area contributed by atoms with E-state index in [1.807, 2.05) is 85.8 Å². The maximum absolute atomic E-state index is 14.0. The zero-order valence-electron chi connectivity index (χ0n) is 22.3. The molecule has 0 saturated heterocycles. The number of benzene rings is 4. The number of esters is 1. The van der Waals surface area contributed by atoms with Crippen molar-refractivity contribution in [3.05, 3.63) is 141 Å². The summed E-state index contributed by atoms with van der Waals surface area (Å²) in [7, 11) is 0. The van der Waals surface area contributed by atoms with Crippen LogP contribution in [-0.2, 0) is 20.7 Å². The lowest BCUT2D eigenvalue weighted by molar-refractivity contribution is -0.139. The second-order valence-corrected chi connectivity index (χ2v) is 10.9. The zero-order chi connectivity index (χ0) is 27.6. The van der Waals surface area contributed by atoms with Crippen LogP contribution in [0.25, 0.3) is 10.8 Å². The van der Waals surface area contributed by atoms with Crippen molar-refractivity contribution in [2.24, 2.45) is 0 Å². The van der Waals surface area contributed by atoms with E-state index in [0.717, 1.165) is 38.9 Å². The largest absolute Gasteiger partial charge is 0.462 e. The van der Waals surface area contributed by atoms with Crippen LogP contribution in [0.15, 0.2) is 120 Å². The first-order valence-electron chi connectivity index (χ1n) is 13.7. The summed E-state index contributed by atoms with van der Waals surface area (Å²) in [6, 6.07) is 31.9. The summed E-state index contributed by atoms with van der Waals surface area (Å²) in [6.07, 6.45) is 1.68. The highest BCUT2D eigenvalue weighted by molar-refractivity contribution is 6.30. The number of carbonyl (C=O) groups is 2. The van der Waals surface area contributed by atoms with Crippen LogP contribution in [0.4, 0.5) is 0 Å². The number of ether oxygens (including phenoxy) is 1. The van der Waals surface area contributed by atoms with Crippen molar-refractivity contribution in [1.82, 2.24) is 5.32 Å². The third-order valence-electron chi connectivity index (χ3n) is 7.99. The number of allylic oxidation sites excluding steroid dienone is 3. The number of ketones is 1. The van der Waals surface area contributed by atoms with E-state index in [0.29, 0.717) is 35.4 Å². The Kier molecular flexibility index (Phi) is 7.27. The van der Waals surface area contributed by atoms with Crippen molar-refractivity contribution < 1.29 is 14.3 Å². The molecule has 200 valence electrons. The van der Waals surface area contributed by atoms with Crippen molar-refractivity contribution in [3.63, 3.8) is 0 Å². The molecule has 0 amide bonds.